The standard InChI is InChI=1S/C21H17F6N7O5/c1-37-14-8-3-11(9-15(14)38-2)10-28-33-18-30-17(29-12-4-6-13(7-5-12)34(35)36)31-19(32-18)39-16(20(22,23)24)21(25,26)27/h3-10,16H,1-2H3,(H2,29,30,31,32,33)/b28-10-. The molecule has 3 rings (SSSR count). The maximum absolute atomic E-state index is 13.0. The molecule has 208 valence electrons. The second-order valence-corrected chi connectivity index (χ2v) is 7.26. The van der Waals surface area contributed by atoms with Gasteiger partial charge in [0.2, 0.25) is 5.95 Å². The quantitative estimate of drug-likeness (QED) is 0.152. The van der Waals surface area contributed by atoms with Crippen molar-refractivity contribution in [2.45, 2.75) is 18.5 Å². The van der Waals surface area contributed by atoms with E-state index >= 15 is 0 Å². The first kappa shape index (κ1) is 28.7. The van der Waals surface area contributed by atoms with Crippen LogP contribution in [-0.4, -0.2) is 58.8 Å². The van der Waals surface area contributed by atoms with E-state index < -0.39 is 41.3 Å². The van der Waals surface area contributed by atoms with Crippen LogP contribution in [0.5, 0.6) is 17.5 Å². The van der Waals surface area contributed by atoms with Crippen molar-refractivity contribution in [1.29, 1.82) is 0 Å². The largest absolute Gasteiger partial charge is 0.493 e. The lowest BCUT2D eigenvalue weighted by atomic mass is 10.2. The number of nitro benzene ring substituents is 1. The minimum absolute atomic E-state index is 0.112. The monoisotopic (exact) mass is 561 g/mol. The van der Waals surface area contributed by atoms with E-state index in [2.05, 4.69) is 35.5 Å². The van der Waals surface area contributed by atoms with Crippen molar-refractivity contribution in [3.05, 3.63) is 58.1 Å². The number of nitrogens with zero attached hydrogens (tertiary/aromatic N) is 5. The molecule has 0 atom stereocenters. The summed E-state index contributed by atoms with van der Waals surface area (Å²) in [6.07, 6.45) is -14.7. The summed E-state index contributed by atoms with van der Waals surface area (Å²) in [6.45, 7) is 0. The first-order chi connectivity index (χ1) is 18.3. The fourth-order valence-corrected chi connectivity index (χ4v) is 2.83. The van der Waals surface area contributed by atoms with Crippen molar-refractivity contribution in [2.24, 2.45) is 5.10 Å². The zero-order chi connectivity index (χ0) is 28.8. The summed E-state index contributed by atoms with van der Waals surface area (Å²) >= 11 is 0. The topological polar surface area (TPSA) is 146 Å². The second kappa shape index (κ2) is 11.7. The van der Waals surface area contributed by atoms with Crippen LogP contribution < -0.4 is 25.0 Å². The number of ether oxygens (including phenoxy) is 3. The van der Waals surface area contributed by atoms with Crippen LogP contribution in [0.3, 0.4) is 0 Å². The molecule has 0 saturated heterocycles. The summed E-state index contributed by atoms with van der Waals surface area (Å²) < 4.78 is 92.4. The lowest BCUT2D eigenvalue weighted by Gasteiger charge is -2.22. The lowest BCUT2D eigenvalue weighted by Crippen LogP contribution is -2.46. The van der Waals surface area contributed by atoms with Crippen molar-refractivity contribution in [2.75, 3.05) is 25.0 Å². The van der Waals surface area contributed by atoms with Gasteiger partial charge < -0.3 is 19.5 Å². The van der Waals surface area contributed by atoms with Crippen molar-refractivity contribution in [3.63, 3.8) is 0 Å². The molecule has 0 fully saturated rings. The molecule has 2 N–H and O–H groups in total. The molecular formula is C21H17F6N7O5. The minimum Gasteiger partial charge on any atom is -0.493 e. The van der Waals surface area contributed by atoms with Gasteiger partial charge in [-0.1, -0.05) is 0 Å². The Bertz CT molecular complexity index is 1320. The van der Waals surface area contributed by atoms with E-state index in [0.29, 0.717) is 17.1 Å². The molecule has 12 nitrogen and oxygen atoms in total. The van der Waals surface area contributed by atoms with Crippen LogP contribution in [0.1, 0.15) is 5.56 Å². The van der Waals surface area contributed by atoms with Crippen LogP contribution in [0.4, 0.5) is 49.6 Å². The molecule has 0 saturated carbocycles. The van der Waals surface area contributed by atoms with E-state index in [4.69, 9.17) is 9.47 Å². The first-order valence-electron chi connectivity index (χ1n) is 10.4. The third-order valence-electron chi connectivity index (χ3n) is 4.55. The summed E-state index contributed by atoms with van der Waals surface area (Å²) in [5.74, 6) is -0.366. The van der Waals surface area contributed by atoms with Crippen molar-refractivity contribution in [3.8, 4) is 17.5 Å². The van der Waals surface area contributed by atoms with Crippen LogP contribution in [0, 0.1) is 10.1 Å². The summed E-state index contributed by atoms with van der Waals surface area (Å²) in [4.78, 5) is 20.8. The van der Waals surface area contributed by atoms with Crippen LogP contribution >= 0.6 is 0 Å². The molecule has 3 aromatic rings. The molecule has 0 bridgehead atoms. The number of methoxy groups -OCH3 is 2. The van der Waals surface area contributed by atoms with Gasteiger partial charge in [-0.05, 0) is 35.9 Å². The van der Waals surface area contributed by atoms with Gasteiger partial charge in [0.15, 0.2) is 11.5 Å². The number of hydrogen-bond acceptors (Lipinski definition) is 11. The van der Waals surface area contributed by atoms with Gasteiger partial charge in [0, 0.05) is 17.8 Å². The van der Waals surface area contributed by atoms with Gasteiger partial charge in [0.05, 0.1) is 25.4 Å². The average Bonchev–Trinajstić information content (AvgIpc) is 2.86. The molecule has 0 amide bonds. The Morgan fingerprint density at radius 1 is 0.923 bits per heavy atom. The fraction of sp³-hybridized carbons (Fsp3) is 0.238. The number of halogens is 6. The molecule has 0 unspecified atom stereocenters. The van der Waals surface area contributed by atoms with Gasteiger partial charge in [-0.2, -0.15) is 46.4 Å². The molecule has 0 aliphatic carbocycles. The normalized spacial score (nSPS) is 11.9. The van der Waals surface area contributed by atoms with Crippen LogP contribution in [0.15, 0.2) is 47.6 Å². The predicted molar refractivity (Wildman–Crippen MR) is 123 cm³/mol. The highest BCUT2D eigenvalue weighted by Gasteiger charge is 2.59. The van der Waals surface area contributed by atoms with Gasteiger partial charge in [0.1, 0.15) is 0 Å². The van der Waals surface area contributed by atoms with E-state index in [1.165, 1.54) is 38.6 Å². The fourth-order valence-electron chi connectivity index (χ4n) is 2.83. The SMILES string of the molecule is COc1ccc(/C=N\Nc2nc(Nc3ccc([N+](=O)[O-])cc3)nc(OC(C(F)(F)F)C(F)(F)F)n2)cc1OC. The third-order valence-corrected chi connectivity index (χ3v) is 4.55. The minimum atomic E-state index is -5.84. The second-order valence-electron chi connectivity index (χ2n) is 7.26. The van der Waals surface area contributed by atoms with Gasteiger partial charge in [-0.3, -0.25) is 10.1 Å². The highest BCUT2D eigenvalue weighted by atomic mass is 19.4. The molecule has 1 heterocycles. The van der Waals surface area contributed by atoms with Gasteiger partial charge in [-0.15, -0.1) is 0 Å². The molecule has 0 aliphatic rings. The number of aromatic nitrogens is 3. The highest BCUT2D eigenvalue weighted by Crippen LogP contribution is 2.36. The third kappa shape index (κ3) is 7.79. The molecule has 0 spiro atoms. The molecule has 18 heteroatoms. The number of nitrogens with one attached hydrogen (secondary N) is 2. The summed E-state index contributed by atoms with van der Waals surface area (Å²) in [5.41, 5.74) is 2.56. The number of hydrogen-bond donors (Lipinski definition) is 2. The van der Waals surface area contributed by atoms with E-state index in [9.17, 15) is 36.5 Å². The number of alkyl halides is 6. The Kier molecular flexibility index (Phi) is 8.57. The maximum atomic E-state index is 13.0. The Morgan fingerprint density at radius 2 is 1.54 bits per heavy atom. The predicted octanol–water partition coefficient (Wildman–Crippen LogP) is 4.86. The van der Waals surface area contributed by atoms with Crippen LogP contribution in [0.25, 0.3) is 0 Å². The molecule has 0 aliphatic heterocycles. The summed E-state index contributed by atoms with van der Waals surface area (Å²) in [7, 11) is 2.83. The van der Waals surface area contributed by atoms with E-state index in [1.54, 1.807) is 12.1 Å². The van der Waals surface area contributed by atoms with E-state index in [0.717, 1.165) is 12.1 Å². The first-order valence-corrected chi connectivity index (χ1v) is 10.4. The zero-order valence-corrected chi connectivity index (χ0v) is 19.7. The van der Waals surface area contributed by atoms with Crippen molar-refractivity contribution in [1.82, 2.24) is 15.0 Å². The van der Waals surface area contributed by atoms with Crippen LogP contribution in [-0.2, 0) is 0 Å². The smallest absolute Gasteiger partial charge is 0.434 e. The number of non-ortho nitro benzene ring substituents is 1. The summed E-state index contributed by atoms with van der Waals surface area (Å²) in [6, 6.07) is 7.94. The Hall–Kier alpha value is -4.90. The van der Waals surface area contributed by atoms with Gasteiger partial charge in [0.25, 0.3) is 17.7 Å². The molecule has 2 aromatic carbocycles. The number of hydrazone groups is 1. The van der Waals surface area contributed by atoms with Gasteiger partial charge in [-0.25, -0.2) is 5.43 Å². The molecular weight excluding hydrogens is 544 g/mol. The number of nitro groups is 1. The van der Waals surface area contributed by atoms with E-state index in [1.807, 2.05) is 0 Å². The lowest BCUT2D eigenvalue weighted by molar-refractivity contribution is -0.384. The average molecular weight is 561 g/mol. The van der Waals surface area contributed by atoms with Gasteiger partial charge >= 0.3 is 18.4 Å². The van der Waals surface area contributed by atoms with Crippen molar-refractivity contribution >= 4 is 29.5 Å². The maximum Gasteiger partial charge on any atom is 0.434 e. The highest BCUT2D eigenvalue weighted by molar-refractivity contribution is 5.81. The zero-order valence-electron chi connectivity index (χ0n) is 19.7. The van der Waals surface area contributed by atoms with Crippen LogP contribution in [0.2, 0.25) is 0 Å². The Labute approximate surface area is 214 Å². The molecule has 0 radical (unpaired) electrons. The number of anilines is 3. The number of rotatable bonds is 10. The van der Waals surface area contributed by atoms with Crippen molar-refractivity contribution < 1.29 is 45.5 Å². The Balaban J connectivity index is 1.92. The Morgan fingerprint density at radius 3 is 2.10 bits per heavy atom. The molecule has 39 heavy (non-hydrogen) atoms. The number of benzene rings is 2. The summed E-state index contributed by atoms with van der Waals surface area (Å²) in [5, 5.41) is 17.1. The molecule has 1 aromatic heterocycles. The van der Waals surface area contributed by atoms with E-state index in [-0.39, 0.29) is 11.4 Å².